The minimum atomic E-state index is -0.394. The SMILES string of the molecule is CCOC(=O)c1ccc(C)c(NC(=O)c2cc(C)ccc2C)c1. The van der Waals surface area contributed by atoms with Crippen molar-refractivity contribution >= 4 is 17.6 Å². The van der Waals surface area contributed by atoms with Gasteiger partial charge in [-0.05, 0) is 57.0 Å². The van der Waals surface area contributed by atoms with E-state index in [-0.39, 0.29) is 5.91 Å². The molecule has 0 heterocycles. The average molecular weight is 311 g/mol. The highest BCUT2D eigenvalue weighted by molar-refractivity contribution is 6.06. The maximum absolute atomic E-state index is 12.5. The summed E-state index contributed by atoms with van der Waals surface area (Å²) in [4.78, 5) is 24.3. The first kappa shape index (κ1) is 16.7. The van der Waals surface area contributed by atoms with E-state index in [9.17, 15) is 9.59 Å². The van der Waals surface area contributed by atoms with Gasteiger partial charge in [-0.15, -0.1) is 0 Å². The van der Waals surface area contributed by atoms with Gasteiger partial charge in [-0.2, -0.15) is 0 Å². The summed E-state index contributed by atoms with van der Waals surface area (Å²) in [7, 11) is 0. The van der Waals surface area contributed by atoms with Gasteiger partial charge >= 0.3 is 5.97 Å². The molecule has 23 heavy (non-hydrogen) atoms. The zero-order valence-electron chi connectivity index (χ0n) is 13.9. The van der Waals surface area contributed by atoms with Crippen LogP contribution in [0, 0.1) is 20.8 Å². The molecule has 0 bridgehead atoms. The van der Waals surface area contributed by atoms with Crippen LogP contribution < -0.4 is 5.32 Å². The third kappa shape index (κ3) is 3.97. The Balaban J connectivity index is 2.28. The third-order valence-corrected chi connectivity index (χ3v) is 3.63. The molecule has 0 unspecified atom stereocenters. The zero-order valence-corrected chi connectivity index (χ0v) is 13.9. The fourth-order valence-corrected chi connectivity index (χ4v) is 2.27. The quantitative estimate of drug-likeness (QED) is 0.867. The summed E-state index contributed by atoms with van der Waals surface area (Å²) in [6, 6.07) is 10.9. The summed E-state index contributed by atoms with van der Waals surface area (Å²) < 4.78 is 5.00. The van der Waals surface area contributed by atoms with E-state index in [1.807, 2.05) is 39.0 Å². The highest BCUT2D eigenvalue weighted by Gasteiger charge is 2.13. The average Bonchev–Trinajstić information content (AvgIpc) is 2.52. The number of aryl methyl sites for hydroxylation is 3. The van der Waals surface area contributed by atoms with E-state index in [2.05, 4.69) is 5.32 Å². The van der Waals surface area contributed by atoms with Crippen LogP contribution in [-0.4, -0.2) is 18.5 Å². The minimum absolute atomic E-state index is 0.185. The number of anilines is 1. The Labute approximate surface area is 136 Å². The first-order chi connectivity index (χ1) is 10.9. The Kier molecular flexibility index (Phi) is 5.16. The van der Waals surface area contributed by atoms with E-state index >= 15 is 0 Å². The van der Waals surface area contributed by atoms with Gasteiger partial charge in [0.25, 0.3) is 5.91 Å². The first-order valence-corrected chi connectivity index (χ1v) is 7.58. The second kappa shape index (κ2) is 7.09. The normalized spacial score (nSPS) is 10.3. The number of amides is 1. The van der Waals surface area contributed by atoms with Gasteiger partial charge in [-0.25, -0.2) is 4.79 Å². The lowest BCUT2D eigenvalue weighted by molar-refractivity contribution is 0.0526. The maximum Gasteiger partial charge on any atom is 0.338 e. The molecule has 0 radical (unpaired) electrons. The summed E-state index contributed by atoms with van der Waals surface area (Å²) in [6.45, 7) is 7.80. The Morgan fingerprint density at radius 2 is 1.70 bits per heavy atom. The molecule has 120 valence electrons. The fourth-order valence-electron chi connectivity index (χ4n) is 2.27. The highest BCUT2D eigenvalue weighted by Crippen LogP contribution is 2.20. The van der Waals surface area contributed by atoms with Gasteiger partial charge in [-0.1, -0.05) is 23.8 Å². The molecule has 4 nitrogen and oxygen atoms in total. The largest absolute Gasteiger partial charge is 0.462 e. The Morgan fingerprint density at radius 1 is 1.00 bits per heavy atom. The Hall–Kier alpha value is -2.62. The second-order valence-electron chi connectivity index (χ2n) is 5.52. The van der Waals surface area contributed by atoms with Gasteiger partial charge in [0.05, 0.1) is 12.2 Å². The van der Waals surface area contributed by atoms with Crippen LogP contribution in [0.3, 0.4) is 0 Å². The van der Waals surface area contributed by atoms with Crippen LogP contribution >= 0.6 is 0 Å². The van der Waals surface area contributed by atoms with Crippen LogP contribution in [0.25, 0.3) is 0 Å². The number of esters is 1. The van der Waals surface area contributed by atoms with Gasteiger partial charge in [0, 0.05) is 11.3 Å². The molecule has 0 aliphatic carbocycles. The van der Waals surface area contributed by atoms with Crippen LogP contribution in [0.2, 0.25) is 0 Å². The number of benzene rings is 2. The molecular formula is C19H21NO3. The zero-order chi connectivity index (χ0) is 17.0. The minimum Gasteiger partial charge on any atom is -0.462 e. The topological polar surface area (TPSA) is 55.4 Å². The van der Waals surface area contributed by atoms with Crippen molar-refractivity contribution in [1.29, 1.82) is 0 Å². The summed E-state index contributed by atoms with van der Waals surface area (Å²) in [5, 5.41) is 2.89. The van der Waals surface area contributed by atoms with Gasteiger partial charge in [0.2, 0.25) is 0 Å². The predicted octanol–water partition coefficient (Wildman–Crippen LogP) is 4.04. The second-order valence-corrected chi connectivity index (χ2v) is 5.52. The molecule has 0 aliphatic heterocycles. The molecule has 1 amide bonds. The predicted molar refractivity (Wildman–Crippen MR) is 91.0 cm³/mol. The van der Waals surface area contributed by atoms with E-state index in [0.29, 0.717) is 23.4 Å². The lowest BCUT2D eigenvalue weighted by atomic mass is 10.0. The summed E-state index contributed by atoms with van der Waals surface area (Å²) in [5.41, 5.74) is 4.49. The Morgan fingerprint density at radius 3 is 2.39 bits per heavy atom. The molecule has 1 N–H and O–H groups in total. The van der Waals surface area contributed by atoms with E-state index < -0.39 is 5.97 Å². The molecule has 0 saturated heterocycles. The highest BCUT2D eigenvalue weighted by atomic mass is 16.5. The molecule has 0 aromatic heterocycles. The number of ether oxygens (including phenoxy) is 1. The number of carbonyl (C=O) groups excluding carboxylic acids is 2. The molecule has 0 fully saturated rings. The third-order valence-electron chi connectivity index (χ3n) is 3.63. The molecule has 0 spiro atoms. The van der Waals surface area contributed by atoms with Crippen LogP contribution in [0.15, 0.2) is 36.4 Å². The van der Waals surface area contributed by atoms with E-state index in [1.165, 1.54) is 0 Å². The molecule has 2 rings (SSSR count). The molecule has 0 saturated carbocycles. The van der Waals surface area contributed by atoms with Gasteiger partial charge in [0.15, 0.2) is 0 Å². The molecular weight excluding hydrogens is 290 g/mol. The summed E-state index contributed by atoms with van der Waals surface area (Å²) >= 11 is 0. The fraction of sp³-hybridized carbons (Fsp3) is 0.263. The number of nitrogens with one attached hydrogen (secondary N) is 1. The van der Waals surface area contributed by atoms with Gasteiger partial charge in [0.1, 0.15) is 0 Å². The van der Waals surface area contributed by atoms with Crippen LogP contribution in [0.1, 0.15) is 44.3 Å². The lowest BCUT2D eigenvalue weighted by Gasteiger charge is -2.12. The standard InChI is InChI=1S/C19H21NO3/c1-5-23-19(22)15-9-8-14(4)17(11-15)20-18(21)16-10-12(2)6-7-13(16)3/h6-11H,5H2,1-4H3,(H,20,21). The number of hydrogen-bond donors (Lipinski definition) is 1. The van der Waals surface area contributed by atoms with Crippen molar-refractivity contribution in [2.45, 2.75) is 27.7 Å². The van der Waals surface area contributed by atoms with Crippen molar-refractivity contribution in [1.82, 2.24) is 0 Å². The summed E-state index contributed by atoms with van der Waals surface area (Å²) in [5.74, 6) is -0.579. The van der Waals surface area contributed by atoms with Crippen LogP contribution in [-0.2, 0) is 4.74 Å². The molecule has 4 heteroatoms. The Bertz CT molecular complexity index is 750. The van der Waals surface area contributed by atoms with E-state index in [0.717, 1.165) is 16.7 Å². The molecule has 2 aromatic carbocycles. The number of carbonyl (C=O) groups is 2. The van der Waals surface area contributed by atoms with Crippen molar-refractivity contribution < 1.29 is 14.3 Å². The summed E-state index contributed by atoms with van der Waals surface area (Å²) in [6.07, 6.45) is 0. The van der Waals surface area contributed by atoms with Gasteiger partial charge < -0.3 is 10.1 Å². The van der Waals surface area contributed by atoms with Crippen molar-refractivity contribution in [3.05, 3.63) is 64.2 Å². The van der Waals surface area contributed by atoms with Crippen molar-refractivity contribution in [2.24, 2.45) is 0 Å². The first-order valence-electron chi connectivity index (χ1n) is 7.58. The molecule has 2 aromatic rings. The number of rotatable bonds is 4. The lowest BCUT2D eigenvalue weighted by Crippen LogP contribution is -2.15. The monoisotopic (exact) mass is 311 g/mol. The van der Waals surface area contributed by atoms with E-state index in [4.69, 9.17) is 4.74 Å². The maximum atomic E-state index is 12.5. The smallest absolute Gasteiger partial charge is 0.338 e. The van der Waals surface area contributed by atoms with E-state index in [1.54, 1.807) is 25.1 Å². The van der Waals surface area contributed by atoms with Gasteiger partial charge in [-0.3, -0.25) is 4.79 Å². The van der Waals surface area contributed by atoms with Crippen LogP contribution in [0.5, 0.6) is 0 Å². The molecule has 0 aliphatic rings. The van der Waals surface area contributed by atoms with Crippen molar-refractivity contribution in [3.8, 4) is 0 Å². The van der Waals surface area contributed by atoms with Crippen molar-refractivity contribution in [2.75, 3.05) is 11.9 Å². The molecule has 0 atom stereocenters. The number of hydrogen-bond acceptors (Lipinski definition) is 3. The van der Waals surface area contributed by atoms with Crippen LogP contribution in [0.4, 0.5) is 5.69 Å². The van der Waals surface area contributed by atoms with Crippen molar-refractivity contribution in [3.63, 3.8) is 0 Å².